The summed E-state index contributed by atoms with van der Waals surface area (Å²) in [6.45, 7) is 5.65. The fourth-order valence-electron chi connectivity index (χ4n) is 12.1. The van der Waals surface area contributed by atoms with Gasteiger partial charge in [0.15, 0.2) is 23.1 Å². The summed E-state index contributed by atoms with van der Waals surface area (Å²) < 4.78 is 32.4. The number of benzene rings is 8. The molecule has 4 aromatic heterocycles. The van der Waals surface area contributed by atoms with Crippen LogP contribution in [0.4, 0.5) is 32.1 Å². The fourth-order valence-corrected chi connectivity index (χ4v) is 13.1. The zero-order valence-corrected chi connectivity index (χ0v) is 76.3. The zero-order valence-electron chi connectivity index (χ0n) is 70.0. The van der Waals surface area contributed by atoms with Crippen molar-refractivity contribution in [3.63, 3.8) is 0 Å². The first-order chi connectivity index (χ1) is 59.4. The molecule has 0 unspecified atom stereocenters. The number of carbonyl (C=O) groups is 8. The van der Waals surface area contributed by atoms with Crippen LogP contribution in [-0.4, -0.2) is 166 Å². The number of nitrogens with zero attached hydrogens (tertiary/aromatic N) is 8. The Labute approximate surface area is 763 Å². The molecular formula is C96H92Br4F2N16O8. The van der Waals surface area contributed by atoms with Crippen molar-refractivity contribution in [1.82, 2.24) is 39.5 Å². The normalized spacial score (nSPS) is 10.4. The van der Waals surface area contributed by atoms with Gasteiger partial charge >= 0.3 is 0 Å². The van der Waals surface area contributed by atoms with E-state index in [4.69, 9.17) is 21.6 Å². The van der Waals surface area contributed by atoms with Crippen molar-refractivity contribution < 1.29 is 47.1 Å². The molecule has 30 heteroatoms. The second kappa shape index (κ2) is 45.8. The Kier molecular flexibility index (Phi) is 35.6. The third kappa shape index (κ3) is 27.8. The number of aromatic nitrogens is 4. The van der Waals surface area contributed by atoms with Crippen molar-refractivity contribution in [3.8, 4) is 0 Å². The van der Waals surface area contributed by atoms with Crippen LogP contribution < -0.4 is 21.3 Å². The quantitative estimate of drug-likeness (QED) is 0.0158. The number of nitrogens with one attached hydrogen (secondary N) is 8. The molecule has 4 amide bonds. The van der Waals surface area contributed by atoms with Crippen molar-refractivity contribution in [2.75, 3.05) is 77.6 Å². The van der Waals surface area contributed by atoms with Gasteiger partial charge in [-0.2, -0.15) is 0 Å². The average Bonchev–Trinajstić information content (AvgIpc) is 0.829. The van der Waals surface area contributed by atoms with Gasteiger partial charge in [-0.15, -0.1) is 0 Å². The van der Waals surface area contributed by atoms with Crippen molar-refractivity contribution in [2.45, 2.75) is 53.9 Å². The highest BCUT2D eigenvalue weighted by Gasteiger charge is 2.25. The summed E-state index contributed by atoms with van der Waals surface area (Å²) in [6, 6.07) is 58.7. The van der Waals surface area contributed by atoms with E-state index in [9.17, 15) is 47.1 Å². The monoisotopic (exact) mass is 1950 g/mol. The van der Waals surface area contributed by atoms with Gasteiger partial charge < -0.3 is 40.9 Å². The molecule has 8 N–H and O–H groups in total. The number of ketones is 4. The van der Waals surface area contributed by atoms with Crippen LogP contribution in [0, 0.1) is 54.0 Å². The molecule has 0 spiro atoms. The minimum atomic E-state index is -0.699. The largest absolute Gasteiger partial charge is 0.363 e. The highest BCUT2D eigenvalue weighted by molar-refractivity contribution is 9.11. The van der Waals surface area contributed by atoms with Crippen LogP contribution in [-0.2, 0) is 25.7 Å². The highest BCUT2D eigenvalue weighted by atomic mass is 79.9. The summed E-state index contributed by atoms with van der Waals surface area (Å²) in [7, 11) is 13.9. The maximum absolute atomic E-state index is 14.6. The Bertz CT molecular complexity index is 5880. The number of carbonyl (C=O) groups excluding carboxylic acids is 8. The lowest BCUT2D eigenvalue weighted by molar-refractivity contribution is 0.0976. The molecule has 0 saturated heterocycles. The summed E-state index contributed by atoms with van der Waals surface area (Å²) in [4.78, 5) is 126. The Morgan fingerprint density at radius 1 is 0.294 bits per heavy atom. The first-order valence-corrected chi connectivity index (χ1v) is 41.6. The van der Waals surface area contributed by atoms with E-state index in [1.54, 1.807) is 258 Å². The van der Waals surface area contributed by atoms with Crippen molar-refractivity contribution in [2.24, 2.45) is 0 Å². The van der Waals surface area contributed by atoms with E-state index in [1.165, 1.54) is 30.3 Å². The van der Waals surface area contributed by atoms with Crippen LogP contribution in [0.15, 0.2) is 255 Å². The van der Waals surface area contributed by atoms with Gasteiger partial charge in [0.05, 0.1) is 11.1 Å². The van der Waals surface area contributed by atoms with E-state index in [0.29, 0.717) is 102 Å². The third-order valence-corrected chi connectivity index (χ3v) is 20.8. The van der Waals surface area contributed by atoms with E-state index >= 15 is 0 Å². The maximum Gasteiger partial charge on any atom is 0.257 e. The van der Waals surface area contributed by atoms with E-state index in [-0.39, 0.29) is 79.3 Å². The number of pyridine rings is 4. The van der Waals surface area contributed by atoms with Crippen LogP contribution in [0.25, 0.3) is 0 Å². The Hall–Kier alpha value is -13.4. The molecule has 0 aliphatic rings. The van der Waals surface area contributed by atoms with Gasteiger partial charge in [-0.05, 0) is 204 Å². The number of amides is 4. The van der Waals surface area contributed by atoms with Crippen LogP contribution in [0.2, 0.25) is 0 Å². The van der Waals surface area contributed by atoms with Crippen molar-refractivity contribution in [1.29, 1.82) is 21.6 Å². The Morgan fingerprint density at radius 3 is 0.810 bits per heavy atom. The van der Waals surface area contributed by atoms with Crippen LogP contribution >= 0.6 is 63.7 Å². The zero-order chi connectivity index (χ0) is 91.0. The molecule has 126 heavy (non-hydrogen) atoms. The fraction of sp³-hybridized carbons (Fsp3) is 0.167. The van der Waals surface area contributed by atoms with Crippen molar-refractivity contribution >= 4 is 157 Å². The van der Waals surface area contributed by atoms with Crippen LogP contribution in [0.3, 0.4) is 0 Å². The van der Waals surface area contributed by atoms with Gasteiger partial charge in [-0.25, -0.2) is 28.7 Å². The van der Waals surface area contributed by atoms with Gasteiger partial charge in [-0.3, -0.25) is 60.0 Å². The van der Waals surface area contributed by atoms with Gasteiger partial charge in [0, 0.05) is 180 Å². The van der Waals surface area contributed by atoms with E-state index in [2.05, 4.69) is 105 Å². The van der Waals surface area contributed by atoms with Gasteiger partial charge in [0.1, 0.15) is 58.2 Å². The molecule has 0 fully saturated rings. The second-order valence-electron chi connectivity index (χ2n) is 29.3. The number of Topliss-reactive ketones (excluding diaryl/α,β-unsaturated/α-hetero) is 4. The molecule has 24 nitrogen and oxygen atoms in total. The number of aryl methyl sites for hydroxylation is 3. The van der Waals surface area contributed by atoms with Crippen molar-refractivity contribution in [3.05, 3.63) is 372 Å². The summed E-state index contributed by atoms with van der Waals surface area (Å²) >= 11 is 13.2. The molecule has 0 bridgehead atoms. The summed E-state index contributed by atoms with van der Waals surface area (Å²) in [5.41, 5.74) is 9.64. The molecule has 0 atom stereocenters. The second-order valence-corrected chi connectivity index (χ2v) is 33.0. The van der Waals surface area contributed by atoms with Gasteiger partial charge in [0.2, 0.25) is 0 Å². The standard InChI is InChI=1S/C24H22BrFN4O2.2C24H23BrN4O2.C23H20BrFN4O2.CH4/c1-14-4-5-15(19(10-14)24(32)29-22-9-7-17(25)13-28-22)12-21(31)18-8-6-16(11-20(18)26)23(27)30(2)3;2*1-15-4-5-18(20(12-15)24(31)28-22-11-10-19(25)14-27-22)13-21(30)16-6-8-17(9-7-16)23(26)29(2)3;1-29(2)22(26)15-7-9-18(19(25)11-15)20(30)12-14-5-3-4-6-17(14)23(31)28-21-10-8-16(24)13-27-21;/h4-11,13,27H,12H2,1-3H3,(H,28,29,32);2*4-12,14,26H,13H2,1-3H3,(H,27,28,31);3-11,13,26H,12H2,1-2H3,(H,27,28,31);1H4. The van der Waals surface area contributed by atoms with Crippen LogP contribution in [0.5, 0.6) is 0 Å². The lowest BCUT2D eigenvalue weighted by Crippen LogP contribution is -2.22. The molecule has 0 aliphatic carbocycles. The Balaban J connectivity index is 0.000000207. The number of halogens is 6. The summed E-state index contributed by atoms with van der Waals surface area (Å²) in [6.07, 6.45) is 6.26. The molecule has 12 rings (SSSR count). The molecule has 4 heterocycles. The first kappa shape index (κ1) is 98.0. The predicted molar refractivity (Wildman–Crippen MR) is 506 cm³/mol. The topological polar surface area (TPSA) is 345 Å². The minimum Gasteiger partial charge on any atom is -0.363 e. The highest BCUT2D eigenvalue weighted by Crippen LogP contribution is 2.26. The number of hydrogen-bond donors (Lipinski definition) is 8. The lowest BCUT2D eigenvalue weighted by atomic mass is 9.96. The molecule has 0 radical (unpaired) electrons. The number of anilines is 4. The lowest BCUT2D eigenvalue weighted by Gasteiger charge is -2.14. The minimum absolute atomic E-state index is 0. The van der Waals surface area contributed by atoms with E-state index in [1.807, 2.05) is 45.0 Å². The molecule has 8 aromatic carbocycles. The molecular weight excluding hydrogens is 1860 g/mol. The molecule has 12 aromatic rings. The van der Waals surface area contributed by atoms with Gasteiger partial charge in [-0.1, -0.05) is 139 Å². The number of amidine groups is 4. The smallest absolute Gasteiger partial charge is 0.257 e. The third-order valence-electron chi connectivity index (χ3n) is 18.9. The summed E-state index contributed by atoms with van der Waals surface area (Å²) in [5, 5.41) is 43.0. The SMILES string of the molecule is C.CN(C)C(=N)c1ccc(C(=O)Cc2ccccc2C(=O)Nc2ccc(Br)cn2)c(F)c1.Cc1ccc(CC(=O)c2ccc(C(=N)N(C)C)cc2)c(C(=O)Nc2ccc(Br)cn2)c1.Cc1ccc(CC(=O)c2ccc(C(=N)N(C)C)cc2)c(C(=O)Nc2ccc(Br)cn2)c1.Cc1ccc(CC(=O)c2ccc(C(=N)N(C)C)cc2F)c(C(=O)Nc2ccc(Br)cn2)c1. The predicted octanol–water partition coefficient (Wildman–Crippen LogP) is 19.5. The average molecular weight is 1960 g/mol. The summed E-state index contributed by atoms with van der Waals surface area (Å²) in [5.74, 6) is -1.27. The molecule has 646 valence electrons. The maximum atomic E-state index is 14.6. The number of rotatable bonds is 24. The van der Waals surface area contributed by atoms with E-state index < -0.39 is 35.0 Å². The van der Waals surface area contributed by atoms with E-state index in [0.717, 1.165) is 45.7 Å². The first-order valence-electron chi connectivity index (χ1n) is 38.5. The molecule has 0 saturated carbocycles. The number of hydrogen-bond acceptors (Lipinski definition) is 16. The molecule has 0 aliphatic heterocycles. The Morgan fingerprint density at radius 2 is 0.540 bits per heavy atom. The van der Waals surface area contributed by atoms with Gasteiger partial charge in [0.25, 0.3) is 23.6 Å². The van der Waals surface area contributed by atoms with Crippen LogP contribution in [0.1, 0.15) is 151 Å².